The molecule has 3 amide bonds. The lowest BCUT2D eigenvalue weighted by Gasteiger charge is -2.17. The van der Waals surface area contributed by atoms with Crippen LogP contribution in [0.15, 0.2) is 18.2 Å². The van der Waals surface area contributed by atoms with Gasteiger partial charge in [-0.25, -0.2) is 4.79 Å². The second-order valence-corrected chi connectivity index (χ2v) is 7.41. The van der Waals surface area contributed by atoms with E-state index in [0.29, 0.717) is 13.0 Å². The van der Waals surface area contributed by atoms with Gasteiger partial charge in [-0.15, -0.1) is 0 Å². The molecule has 1 heterocycles. The van der Waals surface area contributed by atoms with Gasteiger partial charge in [-0.2, -0.15) is 0 Å². The molecule has 0 unspecified atom stereocenters. The Balaban J connectivity index is 1.64. The summed E-state index contributed by atoms with van der Waals surface area (Å²) in [6.07, 6.45) is 3.64. The molecule has 0 radical (unpaired) electrons. The first-order valence-electron chi connectivity index (χ1n) is 9.93. The van der Waals surface area contributed by atoms with Crippen LogP contribution in [0.5, 0.6) is 0 Å². The highest BCUT2D eigenvalue weighted by Gasteiger charge is 2.36. The van der Waals surface area contributed by atoms with E-state index in [2.05, 4.69) is 5.32 Å². The van der Waals surface area contributed by atoms with Crippen molar-refractivity contribution >= 4 is 23.7 Å². The predicted molar refractivity (Wildman–Crippen MR) is 104 cm³/mol. The van der Waals surface area contributed by atoms with E-state index in [0.717, 1.165) is 30.6 Å². The molecular formula is C21H26N2O6. The highest BCUT2D eigenvalue weighted by Crippen LogP contribution is 2.25. The van der Waals surface area contributed by atoms with E-state index in [4.69, 9.17) is 9.47 Å². The van der Waals surface area contributed by atoms with Crippen LogP contribution in [0.2, 0.25) is 0 Å². The summed E-state index contributed by atoms with van der Waals surface area (Å²) in [6.45, 7) is 2.20. The summed E-state index contributed by atoms with van der Waals surface area (Å²) in [6, 6.07) is 4.38. The van der Waals surface area contributed by atoms with Gasteiger partial charge in [-0.3, -0.25) is 19.3 Å². The Labute approximate surface area is 169 Å². The summed E-state index contributed by atoms with van der Waals surface area (Å²) in [5, 5.41) is 2.89. The molecule has 1 fully saturated rings. The number of benzene rings is 1. The molecule has 1 saturated carbocycles. The van der Waals surface area contributed by atoms with Gasteiger partial charge in [0, 0.05) is 26.3 Å². The molecular weight excluding hydrogens is 376 g/mol. The maximum absolute atomic E-state index is 12.5. The minimum atomic E-state index is -0.945. The van der Waals surface area contributed by atoms with E-state index in [1.54, 1.807) is 7.11 Å². The molecule has 1 atom stereocenters. The Hall–Kier alpha value is -2.74. The number of nitrogens with one attached hydrogen (secondary N) is 1. The zero-order valence-electron chi connectivity index (χ0n) is 16.7. The largest absolute Gasteiger partial charge is 0.449 e. The molecule has 3 rings (SSSR count). The number of esters is 1. The minimum Gasteiger partial charge on any atom is -0.449 e. The number of ether oxygens (including phenoxy) is 2. The molecule has 1 aromatic carbocycles. The zero-order valence-corrected chi connectivity index (χ0v) is 16.7. The predicted octanol–water partition coefficient (Wildman–Crippen LogP) is 1.92. The van der Waals surface area contributed by atoms with Crippen LogP contribution < -0.4 is 5.32 Å². The van der Waals surface area contributed by atoms with E-state index >= 15 is 0 Å². The number of imide groups is 1. The quantitative estimate of drug-likeness (QED) is 0.405. The highest BCUT2D eigenvalue weighted by molar-refractivity contribution is 6.22. The molecule has 8 nitrogen and oxygen atoms in total. The molecule has 0 aromatic heterocycles. The lowest BCUT2D eigenvalue weighted by Crippen LogP contribution is -2.40. The average Bonchev–Trinajstić information content (AvgIpc) is 3.30. The van der Waals surface area contributed by atoms with E-state index in [1.807, 2.05) is 0 Å². The summed E-state index contributed by atoms with van der Waals surface area (Å²) in [5.41, 5.74) is 0.560. The number of nitrogens with zero attached hydrogens (tertiary/aromatic N) is 1. The number of amides is 3. The lowest BCUT2D eigenvalue weighted by atomic mass is 10.1. The normalized spacial score (nSPS) is 17.4. The number of carbonyl (C=O) groups is 4. The molecule has 0 spiro atoms. The van der Waals surface area contributed by atoms with Crippen molar-refractivity contribution in [3.05, 3.63) is 34.9 Å². The summed E-state index contributed by atoms with van der Waals surface area (Å²) < 4.78 is 10.2. The average molecular weight is 402 g/mol. The third-order valence-electron chi connectivity index (χ3n) is 5.29. The number of carbonyl (C=O) groups excluding carboxylic acids is 4. The van der Waals surface area contributed by atoms with Crippen LogP contribution in [0.3, 0.4) is 0 Å². The summed E-state index contributed by atoms with van der Waals surface area (Å²) in [7, 11) is 1.55. The molecule has 1 N–H and O–H groups in total. The van der Waals surface area contributed by atoms with E-state index in [1.165, 1.54) is 25.1 Å². The fourth-order valence-corrected chi connectivity index (χ4v) is 3.66. The van der Waals surface area contributed by atoms with E-state index < -0.39 is 18.0 Å². The van der Waals surface area contributed by atoms with Crippen LogP contribution in [-0.2, 0) is 14.3 Å². The second-order valence-electron chi connectivity index (χ2n) is 7.41. The van der Waals surface area contributed by atoms with Crippen LogP contribution in [0.25, 0.3) is 0 Å². The van der Waals surface area contributed by atoms with Crippen molar-refractivity contribution in [2.24, 2.45) is 0 Å². The highest BCUT2D eigenvalue weighted by atomic mass is 16.5. The third-order valence-corrected chi connectivity index (χ3v) is 5.29. The topological polar surface area (TPSA) is 102 Å². The van der Waals surface area contributed by atoms with Gasteiger partial charge in [0.25, 0.3) is 17.7 Å². The van der Waals surface area contributed by atoms with Crippen molar-refractivity contribution in [3.8, 4) is 0 Å². The molecule has 1 aromatic rings. The maximum Gasteiger partial charge on any atom is 0.338 e. The Bertz CT molecular complexity index is 815. The van der Waals surface area contributed by atoms with Gasteiger partial charge in [0.1, 0.15) is 0 Å². The summed E-state index contributed by atoms with van der Waals surface area (Å²) >= 11 is 0. The third kappa shape index (κ3) is 4.64. The van der Waals surface area contributed by atoms with Crippen molar-refractivity contribution in [2.75, 3.05) is 20.3 Å². The number of methoxy groups -OCH3 is 1. The van der Waals surface area contributed by atoms with Gasteiger partial charge in [-0.1, -0.05) is 12.8 Å². The standard InChI is InChI=1S/C21H26N2O6/c1-13(18(24)22-15-6-3-4-7-15)29-21(27)14-8-9-16-17(12-14)20(26)23(19(16)25)10-5-11-28-2/h8-9,12-13,15H,3-7,10-11H2,1-2H3,(H,22,24)/t13-/m1/s1. The molecule has 0 bridgehead atoms. The van der Waals surface area contributed by atoms with Gasteiger partial charge in [0.2, 0.25) is 0 Å². The molecule has 0 saturated heterocycles. The first-order chi connectivity index (χ1) is 13.9. The second kappa shape index (κ2) is 9.17. The lowest BCUT2D eigenvalue weighted by molar-refractivity contribution is -0.129. The number of fused-ring (bicyclic) bond motifs is 1. The Morgan fingerprint density at radius 2 is 1.86 bits per heavy atom. The van der Waals surface area contributed by atoms with Crippen LogP contribution in [-0.4, -0.2) is 61.0 Å². The van der Waals surface area contributed by atoms with Crippen LogP contribution in [0.4, 0.5) is 0 Å². The summed E-state index contributed by atoms with van der Waals surface area (Å²) in [5.74, 6) is -1.87. The van der Waals surface area contributed by atoms with Crippen LogP contribution in [0, 0.1) is 0 Å². The van der Waals surface area contributed by atoms with Crippen molar-refractivity contribution in [1.29, 1.82) is 0 Å². The Morgan fingerprint density at radius 1 is 1.17 bits per heavy atom. The van der Waals surface area contributed by atoms with E-state index in [-0.39, 0.29) is 41.1 Å². The van der Waals surface area contributed by atoms with Crippen molar-refractivity contribution in [1.82, 2.24) is 10.2 Å². The molecule has 8 heteroatoms. The number of hydrogen-bond acceptors (Lipinski definition) is 6. The Morgan fingerprint density at radius 3 is 2.55 bits per heavy atom. The molecule has 1 aliphatic carbocycles. The monoisotopic (exact) mass is 402 g/mol. The molecule has 156 valence electrons. The first kappa shape index (κ1) is 21.0. The van der Waals surface area contributed by atoms with Gasteiger partial charge in [0.15, 0.2) is 6.10 Å². The minimum absolute atomic E-state index is 0.129. The number of rotatable bonds is 8. The molecule has 2 aliphatic rings. The van der Waals surface area contributed by atoms with Gasteiger partial charge in [-0.05, 0) is 44.4 Å². The van der Waals surface area contributed by atoms with Gasteiger partial charge >= 0.3 is 5.97 Å². The fraction of sp³-hybridized carbons (Fsp3) is 0.524. The molecule has 1 aliphatic heterocycles. The molecule has 29 heavy (non-hydrogen) atoms. The number of hydrogen-bond donors (Lipinski definition) is 1. The van der Waals surface area contributed by atoms with Crippen molar-refractivity contribution in [2.45, 2.75) is 51.2 Å². The van der Waals surface area contributed by atoms with Crippen molar-refractivity contribution < 1.29 is 28.7 Å². The van der Waals surface area contributed by atoms with E-state index in [9.17, 15) is 19.2 Å². The zero-order chi connectivity index (χ0) is 21.0. The maximum atomic E-state index is 12.5. The van der Waals surface area contributed by atoms with Crippen LogP contribution in [0.1, 0.15) is 70.1 Å². The van der Waals surface area contributed by atoms with Crippen molar-refractivity contribution in [3.63, 3.8) is 0 Å². The van der Waals surface area contributed by atoms with Gasteiger partial charge in [0.05, 0.1) is 16.7 Å². The summed E-state index contributed by atoms with van der Waals surface area (Å²) in [4.78, 5) is 50.8. The smallest absolute Gasteiger partial charge is 0.338 e. The van der Waals surface area contributed by atoms with Gasteiger partial charge < -0.3 is 14.8 Å². The SMILES string of the molecule is COCCCN1C(=O)c2ccc(C(=O)O[C@H](C)C(=O)NC3CCCC3)cc2C1=O. The first-order valence-corrected chi connectivity index (χ1v) is 9.93. The Kier molecular flexibility index (Phi) is 6.64. The van der Waals surface area contributed by atoms with Crippen LogP contribution >= 0.6 is 0 Å². The fourth-order valence-electron chi connectivity index (χ4n) is 3.66.